The second-order valence-corrected chi connectivity index (χ2v) is 4.81. The predicted molar refractivity (Wildman–Crippen MR) is 72.6 cm³/mol. The quantitative estimate of drug-likeness (QED) is 0.400. The van der Waals surface area contributed by atoms with Crippen molar-refractivity contribution in [1.29, 1.82) is 0 Å². The Morgan fingerprint density at radius 3 is 2.06 bits per heavy atom. The fourth-order valence-electron chi connectivity index (χ4n) is 2.09. The summed E-state index contributed by atoms with van der Waals surface area (Å²) in [6.07, 6.45) is 12.6. The molecule has 0 aromatic rings. The summed E-state index contributed by atoms with van der Waals surface area (Å²) in [6.45, 7) is 8.27. The Bertz CT molecular complexity index is 154. The standard InChI is InChI=1S/C15H30O/c1-4-7-9-11-12-14(6-3)15(16)13-10-8-5-2/h6,14-16H,3-5,7-13H2,1-2H3. The van der Waals surface area contributed by atoms with Crippen LogP contribution < -0.4 is 0 Å². The molecule has 0 fully saturated rings. The molecule has 1 heteroatoms. The van der Waals surface area contributed by atoms with Crippen LogP contribution in [-0.2, 0) is 0 Å². The van der Waals surface area contributed by atoms with Gasteiger partial charge >= 0.3 is 0 Å². The van der Waals surface area contributed by atoms with Crippen molar-refractivity contribution in [2.75, 3.05) is 0 Å². The molecule has 96 valence electrons. The SMILES string of the molecule is C=CC(CCCCCC)C(O)CCCCC. The van der Waals surface area contributed by atoms with Gasteiger partial charge in [-0.25, -0.2) is 0 Å². The van der Waals surface area contributed by atoms with E-state index in [4.69, 9.17) is 0 Å². The Labute approximate surface area is 102 Å². The average molecular weight is 226 g/mol. The van der Waals surface area contributed by atoms with Crippen molar-refractivity contribution < 1.29 is 5.11 Å². The van der Waals surface area contributed by atoms with Gasteiger partial charge in [0.15, 0.2) is 0 Å². The smallest absolute Gasteiger partial charge is 0.0602 e. The van der Waals surface area contributed by atoms with Crippen LogP contribution in [0, 0.1) is 5.92 Å². The van der Waals surface area contributed by atoms with Crippen LogP contribution in [0.5, 0.6) is 0 Å². The van der Waals surface area contributed by atoms with E-state index in [9.17, 15) is 5.11 Å². The molecule has 0 rings (SSSR count). The van der Waals surface area contributed by atoms with Gasteiger partial charge in [-0.15, -0.1) is 6.58 Å². The zero-order valence-corrected chi connectivity index (χ0v) is 11.3. The fourth-order valence-corrected chi connectivity index (χ4v) is 2.09. The van der Waals surface area contributed by atoms with Gasteiger partial charge in [0.25, 0.3) is 0 Å². The molecule has 0 bridgehead atoms. The molecule has 0 aliphatic heterocycles. The third kappa shape index (κ3) is 7.92. The molecule has 0 aliphatic rings. The molecule has 0 aromatic heterocycles. The van der Waals surface area contributed by atoms with Crippen molar-refractivity contribution in [1.82, 2.24) is 0 Å². The zero-order chi connectivity index (χ0) is 12.2. The van der Waals surface area contributed by atoms with Crippen molar-refractivity contribution in [3.63, 3.8) is 0 Å². The minimum absolute atomic E-state index is 0.161. The molecule has 0 spiro atoms. The molecule has 0 aromatic carbocycles. The summed E-state index contributed by atoms with van der Waals surface area (Å²) in [6, 6.07) is 0. The van der Waals surface area contributed by atoms with E-state index in [0.29, 0.717) is 5.92 Å². The van der Waals surface area contributed by atoms with Crippen molar-refractivity contribution in [2.24, 2.45) is 5.92 Å². The Balaban J connectivity index is 3.65. The topological polar surface area (TPSA) is 20.2 Å². The van der Waals surface area contributed by atoms with Crippen molar-refractivity contribution in [3.8, 4) is 0 Å². The summed E-state index contributed by atoms with van der Waals surface area (Å²) >= 11 is 0. The molecule has 0 heterocycles. The number of aliphatic hydroxyl groups excluding tert-OH is 1. The molecule has 1 N–H and O–H groups in total. The molecule has 0 saturated carbocycles. The Kier molecular flexibility index (Phi) is 11.0. The predicted octanol–water partition coefficient (Wildman–Crippen LogP) is 4.70. The fraction of sp³-hybridized carbons (Fsp3) is 0.867. The molecular weight excluding hydrogens is 196 g/mol. The monoisotopic (exact) mass is 226 g/mol. The lowest BCUT2D eigenvalue weighted by molar-refractivity contribution is 0.112. The first-order chi connectivity index (χ1) is 7.76. The van der Waals surface area contributed by atoms with Gasteiger partial charge in [0.2, 0.25) is 0 Å². The number of hydrogen-bond acceptors (Lipinski definition) is 1. The minimum Gasteiger partial charge on any atom is -0.393 e. The normalized spacial score (nSPS) is 14.7. The minimum atomic E-state index is -0.161. The van der Waals surface area contributed by atoms with Crippen LogP contribution in [0.2, 0.25) is 0 Å². The highest BCUT2D eigenvalue weighted by atomic mass is 16.3. The molecule has 1 nitrogen and oxygen atoms in total. The van der Waals surface area contributed by atoms with Crippen LogP contribution in [0.4, 0.5) is 0 Å². The largest absolute Gasteiger partial charge is 0.393 e. The lowest BCUT2D eigenvalue weighted by Gasteiger charge is -2.19. The Morgan fingerprint density at radius 1 is 0.938 bits per heavy atom. The summed E-state index contributed by atoms with van der Waals surface area (Å²) in [5.41, 5.74) is 0. The molecule has 0 amide bonds. The van der Waals surface area contributed by atoms with Crippen molar-refractivity contribution in [2.45, 2.75) is 77.7 Å². The van der Waals surface area contributed by atoms with Gasteiger partial charge < -0.3 is 5.11 Å². The summed E-state index contributed by atoms with van der Waals surface area (Å²) in [5.74, 6) is 0.314. The first kappa shape index (κ1) is 15.7. The van der Waals surface area contributed by atoms with E-state index < -0.39 is 0 Å². The van der Waals surface area contributed by atoms with Crippen molar-refractivity contribution in [3.05, 3.63) is 12.7 Å². The van der Waals surface area contributed by atoms with Crippen molar-refractivity contribution >= 4 is 0 Å². The number of aliphatic hydroxyl groups is 1. The van der Waals surface area contributed by atoms with Crippen LogP contribution in [0.15, 0.2) is 12.7 Å². The highest BCUT2D eigenvalue weighted by Crippen LogP contribution is 2.19. The number of unbranched alkanes of at least 4 members (excludes halogenated alkanes) is 5. The van der Waals surface area contributed by atoms with Gasteiger partial charge in [0.05, 0.1) is 6.10 Å². The Hall–Kier alpha value is -0.300. The summed E-state index contributed by atoms with van der Waals surface area (Å²) in [5, 5.41) is 10.0. The first-order valence-corrected chi connectivity index (χ1v) is 7.06. The molecule has 2 unspecified atom stereocenters. The maximum Gasteiger partial charge on any atom is 0.0602 e. The highest BCUT2D eigenvalue weighted by Gasteiger charge is 2.14. The van der Waals surface area contributed by atoms with Gasteiger partial charge in [-0.2, -0.15) is 0 Å². The maximum absolute atomic E-state index is 10.0. The van der Waals surface area contributed by atoms with E-state index in [1.807, 2.05) is 6.08 Å². The van der Waals surface area contributed by atoms with E-state index in [0.717, 1.165) is 19.3 Å². The third-order valence-electron chi connectivity index (χ3n) is 3.29. The maximum atomic E-state index is 10.0. The molecule has 0 radical (unpaired) electrons. The summed E-state index contributed by atoms with van der Waals surface area (Å²) in [4.78, 5) is 0. The average Bonchev–Trinajstić information content (AvgIpc) is 2.29. The lowest BCUT2D eigenvalue weighted by atomic mass is 9.92. The lowest BCUT2D eigenvalue weighted by Crippen LogP contribution is -2.18. The third-order valence-corrected chi connectivity index (χ3v) is 3.29. The van der Waals surface area contributed by atoms with Crippen LogP contribution >= 0.6 is 0 Å². The number of rotatable bonds is 11. The number of hydrogen-bond donors (Lipinski definition) is 1. The Morgan fingerprint density at radius 2 is 1.50 bits per heavy atom. The van der Waals surface area contributed by atoms with E-state index in [2.05, 4.69) is 20.4 Å². The van der Waals surface area contributed by atoms with E-state index in [-0.39, 0.29) is 6.10 Å². The van der Waals surface area contributed by atoms with E-state index in [1.54, 1.807) is 0 Å². The molecular formula is C15H30O. The first-order valence-electron chi connectivity index (χ1n) is 7.06. The van der Waals surface area contributed by atoms with E-state index in [1.165, 1.54) is 38.5 Å². The van der Waals surface area contributed by atoms with E-state index >= 15 is 0 Å². The second kappa shape index (κ2) is 11.2. The molecule has 0 saturated heterocycles. The second-order valence-electron chi connectivity index (χ2n) is 4.81. The summed E-state index contributed by atoms with van der Waals surface area (Å²) < 4.78 is 0. The van der Waals surface area contributed by atoms with Gasteiger partial charge in [-0.05, 0) is 12.8 Å². The van der Waals surface area contributed by atoms with Crippen LogP contribution in [0.25, 0.3) is 0 Å². The molecule has 16 heavy (non-hydrogen) atoms. The summed E-state index contributed by atoms with van der Waals surface area (Å²) in [7, 11) is 0. The highest BCUT2D eigenvalue weighted by molar-refractivity contribution is 4.84. The molecule has 0 aliphatic carbocycles. The van der Waals surface area contributed by atoms with Crippen LogP contribution in [0.3, 0.4) is 0 Å². The van der Waals surface area contributed by atoms with Crippen LogP contribution in [0.1, 0.15) is 71.6 Å². The van der Waals surface area contributed by atoms with Gasteiger partial charge in [0, 0.05) is 5.92 Å². The van der Waals surface area contributed by atoms with Gasteiger partial charge in [0.1, 0.15) is 0 Å². The van der Waals surface area contributed by atoms with Gasteiger partial charge in [-0.1, -0.05) is 64.9 Å². The van der Waals surface area contributed by atoms with Crippen LogP contribution in [-0.4, -0.2) is 11.2 Å². The van der Waals surface area contributed by atoms with Gasteiger partial charge in [-0.3, -0.25) is 0 Å². The molecule has 2 atom stereocenters. The zero-order valence-electron chi connectivity index (χ0n) is 11.3.